The predicted molar refractivity (Wildman–Crippen MR) is 87.2 cm³/mol. The first-order chi connectivity index (χ1) is 12.0. The van der Waals surface area contributed by atoms with Gasteiger partial charge in [0.2, 0.25) is 0 Å². The van der Waals surface area contributed by atoms with Crippen molar-refractivity contribution < 1.29 is 18.3 Å². The Kier molecular flexibility index (Phi) is 4.66. The van der Waals surface area contributed by atoms with Crippen molar-refractivity contribution in [2.24, 2.45) is 0 Å². The fourth-order valence-corrected chi connectivity index (χ4v) is 3.15. The highest BCUT2D eigenvalue weighted by atomic mass is 19.1. The molecule has 0 aromatic heterocycles. The van der Waals surface area contributed by atoms with Gasteiger partial charge < -0.3 is 10.1 Å². The van der Waals surface area contributed by atoms with E-state index < -0.39 is 23.1 Å². The lowest BCUT2D eigenvalue weighted by atomic mass is 9.87. The third-order valence-electron chi connectivity index (χ3n) is 4.37. The van der Waals surface area contributed by atoms with Gasteiger partial charge >= 0.3 is 0 Å². The minimum Gasteiger partial charge on any atom is -0.497 e. The number of carbonyl (C=O) groups excluding carboxylic acids is 1. The van der Waals surface area contributed by atoms with E-state index in [1.165, 1.54) is 0 Å². The zero-order valence-electron chi connectivity index (χ0n) is 13.6. The number of ether oxygens (including phenoxy) is 1. The zero-order valence-corrected chi connectivity index (χ0v) is 13.6. The van der Waals surface area contributed by atoms with Crippen LogP contribution in [0, 0.1) is 23.0 Å². The summed E-state index contributed by atoms with van der Waals surface area (Å²) in [6.45, 7) is 0. The standard InChI is InChI=1S/C19H16F2N2O2/c1-25-13-5-6-14-12(9-13)3-2-4-17(14)23-19(24)18-15(20)7-11(10-22)8-16(18)21/h5-9,17H,2-4H2,1H3,(H,23,24)/t17-/m0/s1. The quantitative estimate of drug-likeness (QED) is 0.926. The fourth-order valence-electron chi connectivity index (χ4n) is 3.15. The van der Waals surface area contributed by atoms with Crippen LogP contribution in [0.3, 0.4) is 0 Å². The lowest BCUT2D eigenvalue weighted by molar-refractivity contribution is 0.0924. The number of hydrogen-bond donors (Lipinski definition) is 1. The molecule has 0 heterocycles. The van der Waals surface area contributed by atoms with Crippen molar-refractivity contribution in [1.82, 2.24) is 5.32 Å². The molecule has 0 radical (unpaired) electrons. The molecule has 0 spiro atoms. The summed E-state index contributed by atoms with van der Waals surface area (Å²) in [4.78, 5) is 12.4. The Labute approximate surface area is 144 Å². The summed E-state index contributed by atoms with van der Waals surface area (Å²) < 4.78 is 33.3. The molecule has 1 N–H and O–H groups in total. The van der Waals surface area contributed by atoms with Crippen LogP contribution in [0.25, 0.3) is 0 Å². The molecular weight excluding hydrogens is 326 g/mol. The van der Waals surface area contributed by atoms with E-state index in [-0.39, 0.29) is 11.6 Å². The summed E-state index contributed by atoms with van der Waals surface area (Å²) in [5, 5.41) is 11.4. The molecule has 25 heavy (non-hydrogen) atoms. The molecule has 6 heteroatoms. The SMILES string of the molecule is COc1ccc2c(c1)CCC[C@@H]2NC(=O)c1c(F)cc(C#N)cc1F. The first kappa shape index (κ1) is 16.9. The van der Waals surface area contributed by atoms with E-state index in [2.05, 4.69) is 5.32 Å². The summed E-state index contributed by atoms with van der Waals surface area (Å²) in [5.74, 6) is -2.18. The molecule has 0 fully saturated rings. The number of nitrogens with zero attached hydrogens (tertiary/aromatic N) is 1. The normalized spacial score (nSPS) is 15.8. The van der Waals surface area contributed by atoms with Gasteiger partial charge in [-0.3, -0.25) is 4.79 Å². The van der Waals surface area contributed by atoms with Gasteiger partial charge in [0.15, 0.2) is 0 Å². The van der Waals surface area contributed by atoms with Crippen molar-refractivity contribution >= 4 is 5.91 Å². The van der Waals surface area contributed by atoms with Gasteiger partial charge in [-0.2, -0.15) is 5.26 Å². The molecule has 4 nitrogen and oxygen atoms in total. The number of fused-ring (bicyclic) bond motifs is 1. The molecule has 1 aliphatic carbocycles. The monoisotopic (exact) mass is 342 g/mol. The van der Waals surface area contributed by atoms with Gasteiger partial charge in [0.1, 0.15) is 22.9 Å². The summed E-state index contributed by atoms with van der Waals surface area (Å²) in [7, 11) is 1.58. The number of methoxy groups -OCH3 is 1. The second-order valence-corrected chi connectivity index (χ2v) is 5.91. The molecule has 1 atom stereocenters. The Balaban J connectivity index is 1.87. The van der Waals surface area contributed by atoms with E-state index in [1.807, 2.05) is 12.1 Å². The number of benzene rings is 2. The number of halogens is 2. The molecule has 0 unspecified atom stereocenters. The third-order valence-corrected chi connectivity index (χ3v) is 4.37. The van der Waals surface area contributed by atoms with E-state index >= 15 is 0 Å². The number of amides is 1. The van der Waals surface area contributed by atoms with Crippen LogP contribution < -0.4 is 10.1 Å². The lowest BCUT2D eigenvalue weighted by Crippen LogP contribution is -2.32. The number of hydrogen-bond acceptors (Lipinski definition) is 3. The predicted octanol–water partition coefficient (Wildman–Crippen LogP) is 3.65. The van der Waals surface area contributed by atoms with Crippen molar-refractivity contribution in [3.8, 4) is 11.8 Å². The molecular formula is C19H16F2N2O2. The Morgan fingerprint density at radius 1 is 1.28 bits per heavy atom. The molecule has 0 aliphatic heterocycles. The molecule has 2 aromatic carbocycles. The van der Waals surface area contributed by atoms with Gasteiger partial charge in [0, 0.05) is 0 Å². The van der Waals surface area contributed by atoms with E-state index in [1.54, 1.807) is 19.2 Å². The number of carbonyl (C=O) groups is 1. The topological polar surface area (TPSA) is 62.1 Å². The maximum absolute atomic E-state index is 14.0. The smallest absolute Gasteiger partial charge is 0.257 e. The zero-order chi connectivity index (χ0) is 18.0. The lowest BCUT2D eigenvalue weighted by Gasteiger charge is -2.27. The maximum Gasteiger partial charge on any atom is 0.257 e. The first-order valence-electron chi connectivity index (χ1n) is 7.90. The third kappa shape index (κ3) is 3.31. The van der Waals surface area contributed by atoms with Gasteiger partial charge in [0.05, 0.1) is 24.8 Å². The van der Waals surface area contributed by atoms with E-state index in [0.717, 1.165) is 41.9 Å². The Hall–Kier alpha value is -2.94. The average Bonchev–Trinajstić information content (AvgIpc) is 2.60. The van der Waals surface area contributed by atoms with Crippen molar-refractivity contribution in [1.29, 1.82) is 5.26 Å². The number of nitrogens with one attached hydrogen (secondary N) is 1. The van der Waals surface area contributed by atoms with Crippen LogP contribution in [-0.4, -0.2) is 13.0 Å². The van der Waals surface area contributed by atoms with Crippen LogP contribution in [0.5, 0.6) is 5.75 Å². The molecule has 3 rings (SSSR count). The molecule has 0 saturated heterocycles. The molecule has 2 aromatic rings. The molecule has 1 aliphatic rings. The summed E-state index contributed by atoms with van der Waals surface area (Å²) in [6.07, 6.45) is 2.40. The van der Waals surface area contributed by atoms with Gasteiger partial charge in [0.25, 0.3) is 5.91 Å². The molecule has 0 saturated carbocycles. The van der Waals surface area contributed by atoms with E-state index in [0.29, 0.717) is 6.42 Å². The molecule has 128 valence electrons. The average molecular weight is 342 g/mol. The molecule has 1 amide bonds. The van der Waals surface area contributed by atoms with Crippen molar-refractivity contribution in [2.75, 3.05) is 7.11 Å². The van der Waals surface area contributed by atoms with Crippen LogP contribution in [-0.2, 0) is 6.42 Å². The van der Waals surface area contributed by atoms with Crippen molar-refractivity contribution in [2.45, 2.75) is 25.3 Å². The van der Waals surface area contributed by atoms with Crippen LogP contribution in [0.1, 0.15) is 45.9 Å². The van der Waals surface area contributed by atoms with Crippen molar-refractivity contribution in [3.63, 3.8) is 0 Å². The highest BCUT2D eigenvalue weighted by Crippen LogP contribution is 2.32. The van der Waals surface area contributed by atoms with Crippen molar-refractivity contribution in [3.05, 3.63) is 64.2 Å². The Morgan fingerprint density at radius 2 is 2.00 bits per heavy atom. The maximum atomic E-state index is 14.0. The van der Waals surface area contributed by atoms with Crippen LogP contribution >= 0.6 is 0 Å². The minimum atomic E-state index is -1.04. The van der Waals surface area contributed by atoms with Gasteiger partial charge in [-0.05, 0) is 54.7 Å². The van der Waals surface area contributed by atoms with Crippen LogP contribution in [0.15, 0.2) is 30.3 Å². The fraction of sp³-hybridized carbons (Fsp3) is 0.263. The highest BCUT2D eigenvalue weighted by molar-refractivity contribution is 5.95. The van der Waals surface area contributed by atoms with Crippen LogP contribution in [0.4, 0.5) is 8.78 Å². The van der Waals surface area contributed by atoms with Crippen LogP contribution in [0.2, 0.25) is 0 Å². The van der Waals surface area contributed by atoms with E-state index in [4.69, 9.17) is 10.00 Å². The van der Waals surface area contributed by atoms with Gasteiger partial charge in [-0.1, -0.05) is 6.07 Å². The van der Waals surface area contributed by atoms with Gasteiger partial charge in [-0.15, -0.1) is 0 Å². The second-order valence-electron chi connectivity index (χ2n) is 5.91. The number of nitriles is 1. The Morgan fingerprint density at radius 3 is 2.64 bits per heavy atom. The largest absolute Gasteiger partial charge is 0.497 e. The molecule has 0 bridgehead atoms. The second kappa shape index (κ2) is 6.89. The minimum absolute atomic E-state index is 0.165. The summed E-state index contributed by atoms with van der Waals surface area (Å²) in [5.41, 5.74) is 1.15. The Bertz CT molecular complexity index is 851. The summed E-state index contributed by atoms with van der Waals surface area (Å²) >= 11 is 0. The number of rotatable bonds is 3. The summed E-state index contributed by atoms with van der Waals surface area (Å²) in [6, 6.07) is 8.63. The van der Waals surface area contributed by atoms with E-state index in [9.17, 15) is 13.6 Å². The first-order valence-corrected chi connectivity index (χ1v) is 7.90. The highest BCUT2D eigenvalue weighted by Gasteiger charge is 2.26. The number of aryl methyl sites for hydroxylation is 1. The van der Waals surface area contributed by atoms with Gasteiger partial charge in [-0.25, -0.2) is 8.78 Å².